The Bertz CT molecular complexity index is 635. The van der Waals surface area contributed by atoms with Crippen molar-refractivity contribution in [2.75, 3.05) is 19.7 Å². The average Bonchev–Trinajstić information content (AvgIpc) is 2.36. The summed E-state index contributed by atoms with van der Waals surface area (Å²) >= 11 is 3.08. The molecule has 5 nitrogen and oxygen atoms in total. The number of rotatable bonds is 3. The molecule has 1 aliphatic rings. The zero-order chi connectivity index (χ0) is 15.8. The smallest absolute Gasteiger partial charge is 0.244 e. The highest BCUT2D eigenvalue weighted by Crippen LogP contribution is 2.30. The van der Waals surface area contributed by atoms with Gasteiger partial charge in [-0.2, -0.15) is 4.31 Å². The molecule has 1 unspecified atom stereocenters. The van der Waals surface area contributed by atoms with Crippen LogP contribution in [-0.2, 0) is 14.8 Å². The zero-order valence-electron chi connectivity index (χ0n) is 11.7. The number of hydrogen-bond acceptors (Lipinski definition) is 4. The van der Waals surface area contributed by atoms with Gasteiger partial charge >= 0.3 is 0 Å². The number of aliphatic hydroxyl groups is 1. The van der Waals surface area contributed by atoms with Crippen LogP contribution in [0, 0.1) is 5.82 Å². The van der Waals surface area contributed by atoms with Gasteiger partial charge in [-0.15, -0.1) is 0 Å². The van der Waals surface area contributed by atoms with E-state index in [1.807, 2.05) is 0 Å². The van der Waals surface area contributed by atoms with E-state index in [2.05, 4.69) is 15.9 Å². The molecule has 1 saturated heterocycles. The van der Waals surface area contributed by atoms with Gasteiger partial charge in [-0.1, -0.05) is 0 Å². The summed E-state index contributed by atoms with van der Waals surface area (Å²) in [7, 11) is -3.79. The Morgan fingerprint density at radius 1 is 1.52 bits per heavy atom. The van der Waals surface area contributed by atoms with Gasteiger partial charge in [0.2, 0.25) is 10.0 Å². The van der Waals surface area contributed by atoms with Crippen molar-refractivity contribution < 1.29 is 22.7 Å². The molecule has 8 heteroatoms. The van der Waals surface area contributed by atoms with E-state index in [1.165, 1.54) is 10.4 Å². The summed E-state index contributed by atoms with van der Waals surface area (Å²) in [6, 6.07) is 3.44. The van der Waals surface area contributed by atoms with Gasteiger partial charge in [0.25, 0.3) is 0 Å². The van der Waals surface area contributed by atoms with E-state index >= 15 is 0 Å². The lowest BCUT2D eigenvalue weighted by Crippen LogP contribution is -2.55. The molecular formula is C13H17BrFNO4S. The van der Waals surface area contributed by atoms with Gasteiger partial charge in [-0.25, -0.2) is 12.8 Å². The number of sulfonamides is 1. The predicted octanol–water partition coefficient (Wildman–Crippen LogP) is 1.75. The molecule has 21 heavy (non-hydrogen) atoms. The molecule has 0 radical (unpaired) electrons. The van der Waals surface area contributed by atoms with E-state index in [-0.39, 0.29) is 29.1 Å². The molecule has 1 N–H and O–H groups in total. The van der Waals surface area contributed by atoms with Gasteiger partial charge in [-0.05, 0) is 48.0 Å². The fourth-order valence-corrected chi connectivity index (χ4v) is 4.98. The van der Waals surface area contributed by atoms with E-state index in [9.17, 15) is 17.9 Å². The first-order valence-electron chi connectivity index (χ1n) is 6.39. The lowest BCUT2D eigenvalue weighted by atomic mass is 10.1. The monoisotopic (exact) mass is 381 g/mol. The maximum absolute atomic E-state index is 13.1. The topological polar surface area (TPSA) is 66.8 Å². The number of halogens is 2. The highest BCUT2D eigenvalue weighted by atomic mass is 79.9. The molecule has 0 aliphatic carbocycles. The summed E-state index contributed by atoms with van der Waals surface area (Å²) in [6.45, 7) is 3.48. The quantitative estimate of drug-likeness (QED) is 0.865. The van der Waals surface area contributed by atoms with Gasteiger partial charge < -0.3 is 9.84 Å². The van der Waals surface area contributed by atoms with Crippen LogP contribution in [0.4, 0.5) is 4.39 Å². The van der Waals surface area contributed by atoms with Gasteiger partial charge in [0.05, 0.1) is 23.2 Å². The van der Waals surface area contributed by atoms with Crippen LogP contribution in [-0.4, -0.2) is 49.2 Å². The van der Waals surface area contributed by atoms with Crippen LogP contribution in [0.1, 0.15) is 13.8 Å². The number of aliphatic hydroxyl groups excluding tert-OH is 1. The summed E-state index contributed by atoms with van der Waals surface area (Å²) in [5.41, 5.74) is -0.703. The molecule has 2 rings (SSSR count). The minimum Gasteiger partial charge on any atom is -0.394 e. The Balaban J connectivity index is 2.38. The highest BCUT2D eigenvalue weighted by molar-refractivity contribution is 9.10. The number of ether oxygens (including phenoxy) is 1. The Morgan fingerprint density at radius 3 is 2.76 bits per heavy atom. The van der Waals surface area contributed by atoms with Crippen molar-refractivity contribution in [2.24, 2.45) is 0 Å². The van der Waals surface area contributed by atoms with E-state index in [4.69, 9.17) is 4.74 Å². The first-order chi connectivity index (χ1) is 9.65. The number of nitrogens with zero attached hydrogens (tertiary/aromatic N) is 1. The summed E-state index contributed by atoms with van der Waals surface area (Å²) in [5, 5.41) is 9.26. The Labute approximate surface area is 131 Å². The molecule has 0 spiro atoms. The fourth-order valence-electron chi connectivity index (χ4n) is 2.34. The maximum Gasteiger partial charge on any atom is 0.244 e. The fraction of sp³-hybridized carbons (Fsp3) is 0.538. The zero-order valence-corrected chi connectivity index (χ0v) is 14.1. The third kappa shape index (κ3) is 3.62. The van der Waals surface area contributed by atoms with Gasteiger partial charge in [-0.3, -0.25) is 0 Å². The molecule has 1 aromatic carbocycles. The largest absolute Gasteiger partial charge is 0.394 e. The Kier molecular flexibility index (Phi) is 4.75. The highest BCUT2D eigenvalue weighted by Gasteiger charge is 2.39. The van der Waals surface area contributed by atoms with Crippen LogP contribution in [0.5, 0.6) is 0 Å². The number of morpholine rings is 1. The van der Waals surface area contributed by atoms with Crippen LogP contribution in [0.15, 0.2) is 27.6 Å². The molecule has 1 aliphatic heterocycles. The van der Waals surface area contributed by atoms with Gasteiger partial charge in [0, 0.05) is 17.6 Å². The maximum atomic E-state index is 13.1. The second kappa shape index (κ2) is 5.92. The predicted molar refractivity (Wildman–Crippen MR) is 78.9 cm³/mol. The second-order valence-electron chi connectivity index (χ2n) is 5.55. The molecule has 0 amide bonds. The van der Waals surface area contributed by atoms with Gasteiger partial charge in [0.1, 0.15) is 5.82 Å². The number of hydrogen-bond donors (Lipinski definition) is 1. The van der Waals surface area contributed by atoms with Crippen molar-refractivity contribution in [3.05, 3.63) is 28.5 Å². The molecule has 1 fully saturated rings. The van der Waals surface area contributed by atoms with E-state index in [1.54, 1.807) is 13.8 Å². The SMILES string of the molecule is CC1(C)CN(S(=O)(=O)c2ccc(F)cc2Br)CC(CO)O1. The first-order valence-corrected chi connectivity index (χ1v) is 8.63. The van der Waals surface area contributed by atoms with Crippen LogP contribution >= 0.6 is 15.9 Å². The minimum absolute atomic E-state index is 0.00158. The van der Waals surface area contributed by atoms with Crippen LogP contribution in [0.3, 0.4) is 0 Å². The van der Waals surface area contributed by atoms with Crippen molar-refractivity contribution >= 4 is 26.0 Å². The van der Waals surface area contributed by atoms with E-state index < -0.39 is 27.5 Å². The molecule has 0 aromatic heterocycles. The van der Waals surface area contributed by atoms with Crippen molar-refractivity contribution in [3.63, 3.8) is 0 Å². The standard InChI is InChI=1S/C13H17BrFNO4S/c1-13(2)8-16(6-10(7-17)20-13)21(18,19)12-4-3-9(15)5-11(12)14/h3-5,10,17H,6-8H2,1-2H3. The molecule has 0 bridgehead atoms. The lowest BCUT2D eigenvalue weighted by Gasteiger charge is -2.41. The molecule has 1 aromatic rings. The van der Waals surface area contributed by atoms with Crippen molar-refractivity contribution in [3.8, 4) is 0 Å². The molecule has 1 heterocycles. The normalized spacial score (nSPS) is 23.2. The third-order valence-electron chi connectivity index (χ3n) is 3.17. The molecule has 1 atom stereocenters. The molecule has 0 saturated carbocycles. The van der Waals surface area contributed by atoms with Crippen molar-refractivity contribution in [2.45, 2.75) is 30.4 Å². The third-order valence-corrected chi connectivity index (χ3v) is 5.95. The lowest BCUT2D eigenvalue weighted by molar-refractivity contribution is -0.131. The molecule has 118 valence electrons. The van der Waals surface area contributed by atoms with Crippen LogP contribution < -0.4 is 0 Å². The Hall–Kier alpha value is -0.540. The summed E-state index contributed by atoms with van der Waals surface area (Å²) in [4.78, 5) is -0.00158. The summed E-state index contributed by atoms with van der Waals surface area (Å²) < 4.78 is 45.6. The van der Waals surface area contributed by atoms with Crippen LogP contribution in [0.2, 0.25) is 0 Å². The number of benzene rings is 1. The van der Waals surface area contributed by atoms with E-state index in [0.29, 0.717) is 0 Å². The second-order valence-corrected chi connectivity index (χ2v) is 8.32. The van der Waals surface area contributed by atoms with Crippen LogP contribution in [0.25, 0.3) is 0 Å². The van der Waals surface area contributed by atoms with Crippen molar-refractivity contribution in [1.82, 2.24) is 4.31 Å². The summed E-state index contributed by atoms with van der Waals surface area (Å²) in [5.74, 6) is -0.517. The summed E-state index contributed by atoms with van der Waals surface area (Å²) in [6.07, 6.45) is -0.581. The van der Waals surface area contributed by atoms with Crippen molar-refractivity contribution in [1.29, 1.82) is 0 Å². The Morgan fingerprint density at radius 2 is 2.19 bits per heavy atom. The van der Waals surface area contributed by atoms with Gasteiger partial charge in [0.15, 0.2) is 0 Å². The average molecular weight is 382 g/mol. The molecular weight excluding hydrogens is 365 g/mol. The minimum atomic E-state index is -3.79. The van der Waals surface area contributed by atoms with E-state index in [0.717, 1.165) is 12.1 Å². The first kappa shape index (κ1) is 16.8.